The predicted octanol–water partition coefficient (Wildman–Crippen LogP) is 4.87. The molecule has 0 radical (unpaired) electrons. The van der Waals surface area contributed by atoms with E-state index in [1.165, 1.54) is 31.0 Å². The first-order valence-corrected chi connectivity index (χ1v) is 12.0. The summed E-state index contributed by atoms with van der Waals surface area (Å²) in [6, 6.07) is 11.9. The Bertz CT molecular complexity index is 1010. The summed E-state index contributed by atoms with van der Waals surface area (Å²) in [4.78, 5) is 15.1. The molecule has 8 heteroatoms. The second-order valence-electron chi connectivity index (χ2n) is 8.20. The fraction of sp³-hybridized carbons (Fsp3) is 0.458. The smallest absolute Gasteiger partial charge is 0.235 e. The maximum Gasteiger partial charge on any atom is 0.235 e. The highest BCUT2D eigenvalue weighted by Gasteiger charge is 2.28. The summed E-state index contributed by atoms with van der Waals surface area (Å²) in [5, 5.41) is 9.34. The number of hydrogen-bond donors (Lipinski definition) is 0. The molecule has 1 aliphatic carbocycles. The van der Waals surface area contributed by atoms with E-state index in [1.807, 2.05) is 59.8 Å². The van der Waals surface area contributed by atoms with Gasteiger partial charge in [-0.1, -0.05) is 31.0 Å². The first kappa shape index (κ1) is 22.5. The highest BCUT2D eigenvalue weighted by Crippen LogP contribution is 2.30. The second kappa shape index (κ2) is 10.3. The zero-order valence-corrected chi connectivity index (χ0v) is 19.7. The van der Waals surface area contributed by atoms with Gasteiger partial charge in [0, 0.05) is 18.7 Å². The van der Waals surface area contributed by atoms with E-state index in [0.29, 0.717) is 17.7 Å². The molecule has 0 saturated heterocycles. The van der Waals surface area contributed by atoms with Gasteiger partial charge in [-0.15, -0.1) is 10.2 Å². The van der Waals surface area contributed by atoms with Crippen LogP contribution in [0.2, 0.25) is 0 Å². The van der Waals surface area contributed by atoms with E-state index < -0.39 is 0 Å². The van der Waals surface area contributed by atoms with Crippen molar-refractivity contribution in [2.45, 2.75) is 62.0 Å². The topological polar surface area (TPSA) is 73.4 Å². The van der Waals surface area contributed by atoms with Crippen molar-refractivity contribution in [3.63, 3.8) is 0 Å². The summed E-state index contributed by atoms with van der Waals surface area (Å²) in [6.45, 7) is 2.44. The Hall–Kier alpha value is -2.74. The largest absolute Gasteiger partial charge is 0.497 e. The number of carbonyl (C=O) groups is 1. The molecule has 3 aromatic rings. The fourth-order valence-corrected chi connectivity index (χ4v) is 5.12. The third-order valence-corrected chi connectivity index (χ3v) is 7.13. The van der Waals surface area contributed by atoms with E-state index in [4.69, 9.17) is 9.15 Å². The number of ether oxygens (including phenoxy) is 1. The molecule has 0 aliphatic heterocycles. The van der Waals surface area contributed by atoms with Crippen molar-refractivity contribution < 1.29 is 13.9 Å². The minimum absolute atomic E-state index is 0.139. The molecule has 1 aliphatic rings. The zero-order chi connectivity index (χ0) is 22.5. The molecule has 1 saturated carbocycles. The lowest BCUT2D eigenvalue weighted by Gasteiger charge is -2.32. The lowest BCUT2D eigenvalue weighted by molar-refractivity contribution is -0.131. The number of thioether (sulfide) groups is 1. The van der Waals surface area contributed by atoms with Crippen molar-refractivity contribution in [3.05, 3.63) is 48.4 Å². The summed E-state index contributed by atoms with van der Waals surface area (Å²) in [7, 11) is 3.58. The van der Waals surface area contributed by atoms with Crippen LogP contribution in [0.3, 0.4) is 0 Å². The Morgan fingerprint density at radius 2 is 1.97 bits per heavy atom. The van der Waals surface area contributed by atoms with Crippen LogP contribution in [0.4, 0.5) is 0 Å². The lowest BCUT2D eigenvalue weighted by atomic mass is 9.94. The molecule has 2 aromatic heterocycles. The molecular formula is C24H30N4O3S. The van der Waals surface area contributed by atoms with Gasteiger partial charge in [-0.2, -0.15) is 0 Å². The molecule has 7 nitrogen and oxygen atoms in total. The molecular weight excluding hydrogens is 424 g/mol. The Labute approximate surface area is 193 Å². The maximum absolute atomic E-state index is 13.1. The van der Waals surface area contributed by atoms with Gasteiger partial charge in [0.05, 0.1) is 25.2 Å². The van der Waals surface area contributed by atoms with E-state index >= 15 is 0 Å². The van der Waals surface area contributed by atoms with E-state index in [9.17, 15) is 4.79 Å². The van der Waals surface area contributed by atoms with Gasteiger partial charge in [-0.25, -0.2) is 0 Å². The first-order chi connectivity index (χ1) is 15.6. The standard InChI is InChI=1S/C24H30N4O3S/c1-17(23(29)27(2)19-8-5-4-6-9-19)32-24-26-25-22(18-11-13-20(30-3)14-12-18)28(24)16-21-10-7-15-31-21/h7,10-15,17,19H,4-6,8-9,16H2,1-3H3. The quantitative estimate of drug-likeness (QED) is 0.452. The summed E-state index contributed by atoms with van der Waals surface area (Å²) in [6.07, 6.45) is 7.52. The second-order valence-corrected chi connectivity index (χ2v) is 9.51. The number of rotatable bonds is 8. The van der Waals surface area contributed by atoms with Crippen molar-refractivity contribution in [1.82, 2.24) is 19.7 Å². The van der Waals surface area contributed by atoms with Gasteiger partial charge in [0.25, 0.3) is 0 Å². The van der Waals surface area contributed by atoms with Crippen molar-refractivity contribution in [3.8, 4) is 17.1 Å². The van der Waals surface area contributed by atoms with Crippen molar-refractivity contribution >= 4 is 17.7 Å². The monoisotopic (exact) mass is 454 g/mol. The van der Waals surface area contributed by atoms with Gasteiger partial charge < -0.3 is 14.1 Å². The van der Waals surface area contributed by atoms with E-state index in [2.05, 4.69) is 10.2 Å². The summed E-state index contributed by atoms with van der Waals surface area (Å²) >= 11 is 1.45. The predicted molar refractivity (Wildman–Crippen MR) is 125 cm³/mol. The van der Waals surface area contributed by atoms with Crippen LogP contribution < -0.4 is 4.74 Å². The minimum atomic E-state index is -0.259. The van der Waals surface area contributed by atoms with Gasteiger partial charge >= 0.3 is 0 Å². The Morgan fingerprint density at radius 1 is 1.22 bits per heavy atom. The average molecular weight is 455 g/mol. The van der Waals surface area contributed by atoms with Gasteiger partial charge in [0.2, 0.25) is 5.91 Å². The molecule has 1 unspecified atom stereocenters. The SMILES string of the molecule is COc1ccc(-c2nnc(SC(C)C(=O)N(C)C3CCCCC3)n2Cc2ccco2)cc1. The highest BCUT2D eigenvalue weighted by atomic mass is 32.2. The van der Waals surface area contributed by atoms with Crippen molar-refractivity contribution in [2.75, 3.05) is 14.2 Å². The Kier molecular flexibility index (Phi) is 7.19. The summed E-state index contributed by atoms with van der Waals surface area (Å²) in [5.74, 6) is 2.46. The van der Waals surface area contributed by atoms with Gasteiger partial charge in [-0.05, 0) is 56.2 Å². The molecule has 170 valence electrons. The van der Waals surface area contributed by atoms with E-state index in [-0.39, 0.29) is 11.2 Å². The van der Waals surface area contributed by atoms with Crippen LogP contribution in [0.5, 0.6) is 5.75 Å². The number of furan rings is 1. The normalized spacial score (nSPS) is 15.5. The highest BCUT2D eigenvalue weighted by molar-refractivity contribution is 8.00. The average Bonchev–Trinajstić information content (AvgIpc) is 3.49. The Morgan fingerprint density at radius 3 is 2.62 bits per heavy atom. The van der Waals surface area contributed by atoms with E-state index in [0.717, 1.165) is 35.7 Å². The molecule has 1 aromatic carbocycles. The minimum Gasteiger partial charge on any atom is -0.497 e. The van der Waals surface area contributed by atoms with Crippen LogP contribution in [0.1, 0.15) is 44.8 Å². The molecule has 2 heterocycles. The molecule has 1 atom stereocenters. The van der Waals surface area contributed by atoms with Gasteiger partial charge in [0.15, 0.2) is 11.0 Å². The molecule has 32 heavy (non-hydrogen) atoms. The molecule has 1 amide bonds. The summed E-state index contributed by atoms with van der Waals surface area (Å²) in [5.41, 5.74) is 0.926. The number of aromatic nitrogens is 3. The summed E-state index contributed by atoms with van der Waals surface area (Å²) < 4.78 is 12.9. The van der Waals surface area contributed by atoms with Crippen LogP contribution in [-0.4, -0.2) is 51.0 Å². The molecule has 0 spiro atoms. The Balaban J connectivity index is 1.56. The maximum atomic E-state index is 13.1. The van der Waals surface area contributed by atoms with Crippen LogP contribution in [0.25, 0.3) is 11.4 Å². The molecule has 0 N–H and O–H groups in total. The first-order valence-electron chi connectivity index (χ1n) is 11.1. The third-order valence-electron chi connectivity index (χ3n) is 6.06. The number of hydrogen-bond acceptors (Lipinski definition) is 6. The van der Waals surface area contributed by atoms with Gasteiger partial charge in [0.1, 0.15) is 11.5 Å². The molecule has 1 fully saturated rings. The van der Waals surface area contributed by atoms with Crippen LogP contribution in [-0.2, 0) is 11.3 Å². The van der Waals surface area contributed by atoms with Crippen molar-refractivity contribution in [2.24, 2.45) is 0 Å². The lowest BCUT2D eigenvalue weighted by Crippen LogP contribution is -2.42. The fourth-order valence-electron chi connectivity index (χ4n) is 4.17. The number of methoxy groups -OCH3 is 1. The zero-order valence-electron chi connectivity index (χ0n) is 18.9. The number of carbonyl (C=O) groups excluding carboxylic acids is 1. The third kappa shape index (κ3) is 5.01. The number of benzene rings is 1. The molecule has 4 rings (SSSR count). The van der Waals surface area contributed by atoms with Crippen molar-refractivity contribution in [1.29, 1.82) is 0 Å². The van der Waals surface area contributed by atoms with E-state index in [1.54, 1.807) is 13.4 Å². The van der Waals surface area contributed by atoms with Crippen LogP contribution in [0.15, 0.2) is 52.2 Å². The van der Waals surface area contributed by atoms with Crippen LogP contribution in [0, 0.1) is 0 Å². The number of amides is 1. The number of nitrogens with zero attached hydrogens (tertiary/aromatic N) is 4. The molecule has 0 bridgehead atoms. The van der Waals surface area contributed by atoms with Crippen LogP contribution >= 0.6 is 11.8 Å². The van der Waals surface area contributed by atoms with Gasteiger partial charge in [-0.3, -0.25) is 9.36 Å².